The molecule has 0 aliphatic carbocycles. The van der Waals surface area contributed by atoms with Crippen molar-refractivity contribution in [2.75, 3.05) is 17.1 Å². The van der Waals surface area contributed by atoms with Crippen LogP contribution in [0, 0.1) is 13.8 Å². The Hall–Kier alpha value is -2.39. The van der Waals surface area contributed by atoms with E-state index in [4.69, 9.17) is 0 Å². The van der Waals surface area contributed by atoms with Gasteiger partial charge in [-0.3, -0.25) is 13.9 Å². The first-order valence-electron chi connectivity index (χ1n) is 10.7. The second-order valence-electron chi connectivity index (χ2n) is 8.55. The number of benzene rings is 2. The summed E-state index contributed by atoms with van der Waals surface area (Å²) in [5.41, 5.74) is 3.00. The third-order valence-corrected chi connectivity index (χ3v) is 6.76. The molecule has 2 aromatic rings. The first-order chi connectivity index (χ1) is 15.3. The van der Waals surface area contributed by atoms with E-state index in [1.54, 1.807) is 13.0 Å². The van der Waals surface area contributed by atoms with Crippen LogP contribution in [0.25, 0.3) is 0 Å². The summed E-state index contributed by atoms with van der Waals surface area (Å²) in [5.74, 6) is -0.766. The van der Waals surface area contributed by atoms with Crippen LogP contribution >= 0.6 is 15.9 Å². The Kier molecular flexibility index (Phi) is 9.08. The minimum Gasteiger partial charge on any atom is -0.352 e. The van der Waals surface area contributed by atoms with E-state index in [-0.39, 0.29) is 18.5 Å². The standard InChI is InChI=1S/C24H32BrN3O4S/c1-16(2)26-24(30)19(5)27(14-20-8-7-9-21(25)13-20)23(29)15-28(33(6,31)32)22-11-10-17(3)12-18(22)4/h7-13,16,19H,14-15H2,1-6H3,(H,26,30)/t19-/m0/s1. The number of rotatable bonds is 9. The van der Waals surface area contributed by atoms with Crippen molar-refractivity contribution in [3.63, 3.8) is 0 Å². The fourth-order valence-corrected chi connectivity index (χ4v) is 4.85. The molecule has 0 unspecified atom stereocenters. The maximum atomic E-state index is 13.5. The van der Waals surface area contributed by atoms with Gasteiger partial charge in [0.05, 0.1) is 11.9 Å². The second kappa shape index (κ2) is 11.2. The fraction of sp³-hybridized carbons (Fsp3) is 0.417. The summed E-state index contributed by atoms with van der Waals surface area (Å²) in [6.07, 6.45) is 1.08. The van der Waals surface area contributed by atoms with Gasteiger partial charge in [0.1, 0.15) is 12.6 Å². The molecule has 1 atom stereocenters. The van der Waals surface area contributed by atoms with Crippen molar-refractivity contribution in [2.45, 2.75) is 53.2 Å². The van der Waals surface area contributed by atoms with Crippen LogP contribution in [-0.4, -0.2) is 50.0 Å². The molecule has 7 nitrogen and oxygen atoms in total. The highest BCUT2D eigenvalue weighted by Crippen LogP contribution is 2.24. The van der Waals surface area contributed by atoms with Gasteiger partial charge in [0, 0.05) is 17.1 Å². The van der Waals surface area contributed by atoms with Gasteiger partial charge in [-0.25, -0.2) is 8.42 Å². The third kappa shape index (κ3) is 7.57. The van der Waals surface area contributed by atoms with E-state index in [0.29, 0.717) is 5.69 Å². The maximum absolute atomic E-state index is 13.5. The van der Waals surface area contributed by atoms with Gasteiger partial charge in [-0.1, -0.05) is 45.8 Å². The summed E-state index contributed by atoms with van der Waals surface area (Å²) >= 11 is 3.43. The molecule has 9 heteroatoms. The van der Waals surface area contributed by atoms with Crippen molar-refractivity contribution in [3.05, 3.63) is 63.6 Å². The van der Waals surface area contributed by atoms with Crippen molar-refractivity contribution < 1.29 is 18.0 Å². The Labute approximate surface area is 205 Å². The summed E-state index contributed by atoms with van der Waals surface area (Å²) in [7, 11) is -3.75. The molecular formula is C24H32BrN3O4S. The van der Waals surface area contributed by atoms with Gasteiger partial charge in [0.15, 0.2) is 0 Å². The van der Waals surface area contributed by atoms with E-state index in [9.17, 15) is 18.0 Å². The number of nitrogens with one attached hydrogen (secondary N) is 1. The molecule has 0 heterocycles. The van der Waals surface area contributed by atoms with Crippen LogP contribution < -0.4 is 9.62 Å². The Morgan fingerprint density at radius 1 is 1.06 bits per heavy atom. The summed E-state index contributed by atoms with van der Waals surface area (Å²) < 4.78 is 27.2. The van der Waals surface area contributed by atoms with E-state index in [0.717, 1.165) is 31.7 Å². The normalized spacial score (nSPS) is 12.4. The van der Waals surface area contributed by atoms with Gasteiger partial charge < -0.3 is 10.2 Å². The van der Waals surface area contributed by atoms with Gasteiger partial charge in [-0.15, -0.1) is 0 Å². The zero-order chi connectivity index (χ0) is 24.9. The molecule has 33 heavy (non-hydrogen) atoms. The van der Waals surface area contributed by atoms with Crippen LogP contribution in [0.4, 0.5) is 5.69 Å². The van der Waals surface area contributed by atoms with Crippen molar-refractivity contribution in [3.8, 4) is 0 Å². The summed E-state index contributed by atoms with van der Waals surface area (Å²) in [4.78, 5) is 27.7. The zero-order valence-corrected chi connectivity index (χ0v) is 22.3. The molecule has 2 amide bonds. The largest absolute Gasteiger partial charge is 0.352 e. The van der Waals surface area contributed by atoms with Crippen molar-refractivity contribution in [2.24, 2.45) is 0 Å². The Bertz CT molecular complexity index is 1120. The molecule has 0 bridgehead atoms. The monoisotopic (exact) mass is 537 g/mol. The van der Waals surface area contributed by atoms with Crippen LogP contribution in [0.15, 0.2) is 46.9 Å². The molecule has 2 aromatic carbocycles. The number of aryl methyl sites for hydroxylation is 2. The van der Waals surface area contributed by atoms with E-state index in [1.165, 1.54) is 4.90 Å². The predicted octanol–water partition coefficient (Wildman–Crippen LogP) is 3.77. The van der Waals surface area contributed by atoms with Gasteiger partial charge in [0.25, 0.3) is 0 Å². The first kappa shape index (κ1) is 26.9. The number of hydrogen-bond acceptors (Lipinski definition) is 4. The average molecular weight is 539 g/mol. The highest BCUT2D eigenvalue weighted by Gasteiger charge is 2.30. The first-order valence-corrected chi connectivity index (χ1v) is 13.3. The lowest BCUT2D eigenvalue weighted by atomic mass is 10.1. The van der Waals surface area contributed by atoms with Gasteiger partial charge in [-0.2, -0.15) is 0 Å². The smallest absolute Gasteiger partial charge is 0.244 e. The Morgan fingerprint density at radius 2 is 1.73 bits per heavy atom. The number of nitrogens with zero attached hydrogens (tertiary/aromatic N) is 2. The van der Waals surface area contributed by atoms with Crippen molar-refractivity contribution >= 4 is 43.5 Å². The van der Waals surface area contributed by atoms with Crippen LogP contribution in [-0.2, 0) is 26.2 Å². The number of halogens is 1. The maximum Gasteiger partial charge on any atom is 0.244 e. The topological polar surface area (TPSA) is 86.8 Å². The molecule has 0 aliphatic heterocycles. The number of carbonyl (C=O) groups excluding carboxylic acids is 2. The van der Waals surface area contributed by atoms with E-state index in [1.807, 2.05) is 64.1 Å². The minimum atomic E-state index is -3.75. The molecule has 0 fully saturated rings. The lowest BCUT2D eigenvalue weighted by Gasteiger charge is -2.32. The molecular weight excluding hydrogens is 506 g/mol. The van der Waals surface area contributed by atoms with Gasteiger partial charge in [0.2, 0.25) is 21.8 Å². The van der Waals surface area contributed by atoms with E-state index in [2.05, 4.69) is 21.2 Å². The Morgan fingerprint density at radius 3 is 2.27 bits per heavy atom. The van der Waals surface area contributed by atoms with Gasteiger partial charge in [-0.05, 0) is 63.9 Å². The minimum absolute atomic E-state index is 0.0921. The number of anilines is 1. The third-order valence-electron chi connectivity index (χ3n) is 5.14. The molecule has 0 radical (unpaired) electrons. The molecule has 0 saturated heterocycles. The zero-order valence-electron chi connectivity index (χ0n) is 19.9. The van der Waals surface area contributed by atoms with Gasteiger partial charge >= 0.3 is 0 Å². The highest BCUT2D eigenvalue weighted by molar-refractivity contribution is 9.10. The van der Waals surface area contributed by atoms with Crippen molar-refractivity contribution in [1.82, 2.24) is 10.2 Å². The highest BCUT2D eigenvalue weighted by atomic mass is 79.9. The quantitative estimate of drug-likeness (QED) is 0.527. The van der Waals surface area contributed by atoms with Crippen LogP contribution in [0.5, 0.6) is 0 Å². The van der Waals surface area contributed by atoms with Crippen molar-refractivity contribution in [1.29, 1.82) is 0 Å². The number of sulfonamides is 1. The Balaban J connectivity index is 2.42. The lowest BCUT2D eigenvalue weighted by molar-refractivity contribution is -0.139. The fourth-order valence-electron chi connectivity index (χ4n) is 3.50. The summed E-state index contributed by atoms with van der Waals surface area (Å²) in [6, 6.07) is 11.9. The van der Waals surface area contributed by atoms with E-state index < -0.39 is 28.5 Å². The average Bonchev–Trinajstić information content (AvgIpc) is 2.69. The number of carbonyl (C=O) groups is 2. The molecule has 0 aliphatic rings. The molecule has 0 aromatic heterocycles. The lowest BCUT2D eigenvalue weighted by Crippen LogP contribution is -2.52. The van der Waals surface area contributed by atoms with Crippen LogP contribution in [0.2, 0.25) is 0 Å². The number of amides is 2. The molecule has 0 spiro atoms. The molecule has 1 N–H and O–H groups in total. The SMILES string of the molecule is Cc1ccc(N(CC(=O)N(Cc2cccc(Br)c2)[C@@H](C)C(=O)NC(C)C)S(C)(=O)=O)c(C)c1. The second-order valence-corrected chi connectivity index (χ2v) is 11.4. The predicted molar refractivity (Wildman–Crippen MR) is 136 cm³/mol. The summed E-state index contributed by atoms with van der Waals surface area (Å²) in [5, 5.41) is 2.83. The van der Waals surface area contributed by atoms with Crippen LogP contribution in [0.3, 0.4) is 0 Å². The molecule has 180 valence electrons. The van der Waals surface area contributed by atoms with E-state index >= 15 is 0 Å². The number of hydrogen-bond donors (Lipinski definition) is 1. The summed E-state index contributed by atoms with van der Waals surface area (Å²) in [6.45, 7) is 8.82. The van der Waals surface area contributed by atoms with Crippen LogP contribution in [0.1, 0.15) is 37.5 Å². The molecule has 2 rings (SSSR count). The molecule has 0 saturated carbocycles.